The van der Waals surface area contributed by atoms with Gasteiger partial charge in [-0.25, -0.2) is 0 Å². The van der Waals surface area contributed by atoms with Gasteiger partial charge in [0.05, 0.1) is 18.0 Å². The maximum absolute atomic E-state index is 13.7. The highest BCUT2D eigenvalue weighted by molar-refractivity contribution is 5.95. The van der Waals surface area contributed by atoms with E-state index in [2.05, 4.69) is 5.32 Å². The van der Waals surface area contributed by atoms with Crippen molar-refractivity contribution in [2.45, 2.75) is 38.9 Å². The summed E-state index contributed by atoms with van der Waals surface area (Å²) in [4.78, 5) is 41.8. The number of benzene rings is 2. The molecule has 2 amide bonds. The molecule has 3 aromatic rings. The number of rotatable bonds is 6. The minimum absolute atomic E-state index is 0.0906. The van der Waals surface area contributed by atoms with Crippen LogP contribution in [0.1, 0.15) is 37.6 Å². The molecule has 1 aromatic heterocycles. The number of pyridine rings is 1. The zero-order valence-electron chi connectivity index (χ0n) is 21.0. The van der Waals surface area contributed by atoms with E-state index in [0.717, 1.165) is 11.1 Å². The number of aromatic nitrogens is 1. The van der Waals surface area contributed by atoms with Crippen molar-refractivity contribution >= 4 is 23.6 Å². The average molecular weight is 498 g/mol. The maximum Gasteiger partial charge on any atom is 0.258 e. The van der Waals surface area contributed by atoms with Crippen molar-refractivity contribution < 1.29 is 14.7 Å². The van der Waals surface area contributed by atoms with Crippen LogP contribution in [0.2, 0.25) is 0 Å². The van der Waals surface area contributed by atoms with Crippen molar-refractivity contribution in [3.63, 3.8) is 0 Å². The highest BCUT2D eigenvalue weighted by Gasteiger charge is 2.57. The van der Waals surface area contributed by atoms with Gasteiger partial charge in [-0.3, -0.25) is 14.4 Å². The van der Waals surface area contributed by atoms with Crippen LogP contribution in [0.15, 0.2) is 77.6 Å². The van der Waals surface area contributed by atoms with Gasteiger partial charge in [0.2, 0.25) is 11.8 Å². The van der Waals surface area contributed by atoms with Gasteiger partial charge in [0.1, 0.15) is 0 Å². The van der Waals surface area contributed by atoms with Gasteiger partial charge in [-0.15, -0.1) is 0 Å². The van der Waals surface area contributed by atoms with Crippen LogP contribution < -0.4 is 10.9 Å². The van der Waals surface area contributed by atoms with E-state index in [1.807, 2.05) is 73.7 Å². The maximum atomic E-state index is 13.7. The Morgan fingerprint density at radius 2 is 1.73 bits per heavy atom. The highest BCUT2D eigenvalue weighted by atomic mass is 16.3. The zero-order chi connectivity index (χ0) is 26.1. The molecule has 0 spiro atoms. The van der Waals surface area contributed by atoms with Crippen molar-refractivity contribution in [3.8, 4) is 11.1 Å². The Morgan fingerprint density at radius 3 is 2.38 bits per heavy atom. The second-order valence-corrected chi connectivity index (χ2v) is 9.60. The summed E-state index contributed by atoms with van der Waals surface area (Å²) >= 11 is 0. The molecule has 7 heteroatoms. The molecule has 0 aliphatic carbocycles. The van der Waals surface area contributed by atoms with Crippen LogP contribution in [0.25, 0.3) is 17.2 Å². The molecule has 2 aromatic carbocycles. The lowest BCUT2D eigenvalue weighted by Crippen LogP contribution is -2.49. The summed E-state index contributed by atoms with van der Waals surface area (Å²) < 4.78 is 1.68. The Bertz CT molecular complexity index is 1390. The minimum Gasteiger partial charge on any atom is -0.396 e. The number of carbonyl (C=O) groups is 2. The second kappa shape index (κ2) is 10.2. The molecule has 2 N–H and O–H groups in total. The van der Waals surface area contributed by atoms with Crippen molar-refractivity contribution in [2.75, 3.05) is 11.9 Å². The highest BCUT2D eigenvalue weighted by Crippen LogP contribution is 2.48. The summed E-state index contributed by atoms with van der Waals surface area (Å²) in [6, 6.07) is 20.1. The van der Waals surface area contributed by atoms with Crippen LogP contribution in [0.3, 0.4) is 0 Å². The summed E-state index contributed by atoms with van der Waals surface area (Å²) in [5.74, 6) is -1.55. The quantitative estimate of drug-likeness (QED) is 0.537. The third kappa shape index (κ3) is 4.29. The lowest BCUT2D eigenvalue weighted by atomic mass is 9.86. The lowest BCUT2D eigenvalue weighted by molar-refractivity contribution is -0.136. The molecule has 4 atom stereocenters. The molecule has 7 nitrogen and oxygen atoms in total. The Labute approximate surface area is 216 Å². The lowest BCUT2D eigenvalue weighted by Gasteiger charge is -2.38. The van der Waals surface area contributed by atoms with E-state index in [9.17, 15) is 19.5 Å². The monoisotopic (exact) mass is 497 g/mol. The van der Waals surface area contributed by atoms with Crippen LogP contribution in [-0.2, 0) is 16.1 Å². The number of anilines is 1. The predicted octanol–water partition coefficient (Wildman–Crippen LogP) is 4.09. The number of fused-ring (bicyclic) bond motifs is 4. The molecular weight excluding hydrogens is 466 g/mol. The molecule has 0 saturated carbocycles. The molecule has 0 radical (unpaired) electrons. The minimum atomic E-state index is -0.694. The van der Waals surface area contributed by atoms with Gasteiger partial charge in [0.15, 0.2) is 0 Å². The molecule has 5 rings (SSSR count). The fourth-order valence-corrected chi connectivity index (χ4v) is 5.86. The summed E-state index contributed by atoms with van der Waals surface area (Å²) in [5, 5.41) is 13.4. The fourth-order valence-electron chi connectivity index (χ4n) is 5.86. The average Bonchev–Trinajstić information content (AvgIpc) is 3.17. The summed E-state index contributed by atoms with van der Waals surface area (Å²) in [6.45, 7) is 3.63. The number of hydrogen-bond donors (Lipinski definition) is 2. The van der Waals surface area contributed by atoms with Crippen molar-refractivity contribution in [3.05, 3.63) is 94.4 Å². The van der Waals surface area contributed by atoms with Crippen LogP contribution in [0.5, 0.6) is 0 Å². The number of amides is 2. The molecule has 37 heavy (non-hydrogen) atoms. The smallest absolute Gasteiger partial charge is 0.258 e. The number of carbonyl (C=O) groups excluding carboxylic acids is 2. The van der Waals surface area contributed by atoms with Gasteiger partial charge >= 0.3 is 0 Å². The summed E-state index contributed by atoms with van der Waals surface area (Å²) in [5.41, 5.74) is 3.79. The Morgan fingerprint density at radius 1 is 1.03 bits per heavy atom. The number of nitrogens with one attached hydrogen (secondary N) is 1. The van der Waals surface area contributed by atoms with Crippen molar-refractivity contribution in [2.24, 2.45) is 11.8 Å². The van der Waals surface area contributed by atoms with Gasteiger partial charge < -0.3 is 19.9 Å². The summed E-state index contributed by atoms with van der Waals surface area (Å²) in [6.07, 6.45) is 3.85. The molecular formula is C30H31N3O4. The van der Waals surface area contributed by atoms with Gasteiger partial charge in [-0.1, -0.05) is 61.5 Å². The molecule has 2 bridgehead atoms. The first kappa shape index (κ1) is 24.7. The van der Waals surface area contributed by atoms with E-state index in [1.165, 1.54) is 0 Å². The molecule has 190 valence electrons. The third-order valence-electron chi connectivity index (χ3n) is 7.57. The molecule has 0 unspecified atom stereocenters. The van der Waals surface area contributed by atoms with E-state index >= 15 is 0 Å². The fraction of sp³-hybridized carbons (Fsp3) is 0.300. The van der Waals surface area contributed by atoms with E-state index in [4.69, 9.17) is 0 Å². The Kier molecular flexibility index (Phi) is 6.80. The molecule has 1 saturated heterocycles. The van der Waals surface area contributed by atoms with Gasteiger partial charge in [-0.2, -0.15) is 0 Å². The van der Waals surface area contributed by atoms with Crippen LogP contribution in [-0.4, -0.2) is 39.0 Å². The van der Waals surface area contributed by atoms with E-state index in [-0.39, 0.29) is 36.9 Å². The number of aliphatic hydroxyl groups is 1. The zero-order valence-corrected chi connectivity index (χ0v) is 21.0. The van der Waals surface area contributed by atoms with E-state index in [1.54, 1.807) is 28.5 Å². The first-order valence-corrected chi connectivity index (χ1v) is 12.7. The van der Waals surface area contributed by atoms with E-state index < -0.39 is 23.9 Å². The van der Waals surface area contributed by atoms with E-state index in [0.29, 0.717) is 16.9 Å². The molecule has 2 aliphatic rings. The van der Waals surface area contributed by atoms with Crippen molar-refractivity contribution in [1.82, 2.24) is 9.47 Å². The number of hydrogen-bond acceptors (Lipinski definition) is 4. The van der Waals surface area contributed by atoms with Gasteiger partial charge in [-0.05, 0) is 42.3 Å². The number of aliphatic hydroxyl groups excluding tert-OH is 1. The largest absolute Gasteiger partial charge is 0.396 e. The normalized spacial score (nSPS) is 22.2. The first-order chi connectivity index (χ1) is 18.0. The molecule has 2 aliphatic heterocycles. The van der Waals surface area contributed by atoms with Gasteiger partial charge in [0, 0.05) is 42.4 Å². The number of allylic oxidation sites excluding steroid dienone is 1. The second-order valence-electron chi connectivity index (χ2n) is 9.60. The topological polar surface area (TPSA) is 91.6 Å². The molecule has 1 fully saturated rings. The Hall–Kier alpha value is -3.97. The van der Waals surface area contributed by atoms with Crippen LogP contribution >= 0.6 is 0 Å². The Balaban J connectivity index is 1.50. The third-order valence-corrected chi connectivity index (χ3v) is 7.57. The van der Waals surface area contributed by atoms with Crippen LogP contribution in [0.4, 0.5) is 5.69 Å². The predicted molar refractivity (Wildman–Crippen MR) is 144 cm³/mol. The first-order valence-electron chi connectivity index (χ1n) is 12.7. The summed E-state index contributed by atoms with van der Waals surface area (Å²) in [7, 11) is 0. The van der Waals surface area contributed by atoms with Crippen molar-refractivity contribution in [1.29, 1.82) is 0 Å². The number of nitrogens with zero attached hydrogens (tertiary/aromatic N) is 2. The standard InChI is InChI=1S/C30H31N3O4/c1-3-8-21-13-16-24-28-27(23(18-34)25(17-32(24)30(21)37)33(28)26(35)4-2)29(36)31-22-14-11-20(12-15-22)19-9-6-5-7-10-19/h3,5-16,23,25,27-28,34H,4,17-18H2,1-2H3,(H,31,36)/b8-3+/t23-,25-,27+,28+/m0/s1. The van der Waals surface area contributed by atoms with Gasteiger partial charge in [0.25, 0.3) is 5.56 Å². The SMILES string of the molecule is C/C=C/c1ccc2n(c1=O)C[C@H]1[C@H](CO)[C@@H](C(=O)Nc3ccc(-c4ccccc4)cc3)[C@@H]2N1C(=O)CC. The molecule has 3 heterocycles. The van der Waals surface area contributed by atoms with Crippen LogP contribution in [0, 0.1) is 11.8 Å².